The zero-order chi connectivity index (χ0) is 16.6. The summed E-state index contributed by atoms with van der Waals surface area (Å²) in [5.41, 5.74) is 5.58. The van der Waals surface area contributed by atoms with Crippen molar-refractivity contribution < 1.29 is 19.0 Å². The summed E-state index contributed by atoms with van der Waals surface area (Å²) < 4.78 is 17.8. The molecule has 0 aliphatic heterocycles. The van der Waals surface area contributed by atoms with Gasteiger partial charge in [0.1, 0.15) is 6.61 Å². The molecule has 0 unspecified atom stereocenters. The third-order valence-electron chi connectivity index (χ3n) is 2.38. The van der Waals surface area contributed by atoms with Gasteiger partial charge in [0.05, 0.1) is 18.7 Å². The predicted octanol–water partition coefficient (Wildman–Crippen LogP) is 1.13. The molecule has 0 aromatic carbocycles. The van der Waals surface area contributed by atoms with Crippen LogP contribution >= 0.6 is 0 Å². The lowest BCUT2D eigenvalue weighted by Crippen LogP contribution is -2.39. The zero-order valence-electron chi connectivity index (χ0n) is 12.5. The van der Waals surface area contributed by atoms with Crippen molar-refractivity contribution in [1.29, 1.82) is 0 Å². The van der Waals surface area contributed by atoms with Crippen molar-refractivity contribution in [2.24, 2.45) is 5.73 Å². The van der Waals surface area contributed by atoms with E-state index in [2.05, 4.69) is 15.3 Å². The first kappa shape index (κ1) is 17.6. The number of nitrogens with zero attached hydrogens (tertiary/aromatic N) is 2. The quantitative estimate of drug-likeness (QED) is 0.567. The Kier molecular flexibility index (Phi) is 6.51. The Hall–Kier alpha value is -2.42. The molecule has 1 aromatic heterocycles. The van der Waals surface area contributed by atoms with Gasteiger partial charge in [0, 0.05) is 24.2 Å². The van der Waals surface area contributed by atoms with E-state index in [0.717, 1.165) is 0 Å². The summed E-state index contributed by atoms with van der Waals surface area (Å²) >= 11 is 0. The molecule has 0 radical (unpaired) electrons. The van der Waals surface area contributed by atoms with E-state index in [9.17, 15) is 9.18 Å². The van der Waals surface area contributed by atoms with Gasteiger partial charge >= 0.3 is 6.09 Å². The van der Waals surface area contributed by atoms with E-state index < -0.39 is 11.6 Å². The molecule has 0 aliphatic carbocycles. The Morgan fingerprint density at radius 2 is 2.14 bits per heavy atom. The molecule has 1 rings (SSSR count). The fraction of sp³-hybridized carbons (Fsp3) is 0.462. The van der Waals surface area contributed by atoms with Gasteiger partial charge in [-0.1, -0.05) is 0 Å². The smallest absolute Gasteiger partial charge is 0.404 e. The minimum absolute atomic E-state index is 0.108. The van der Waals surface area contributed by atoms with Crippen molar-refractivity contribution in [3.05, 3.63) is 24.3 Å². The third-order valence-corrected chi connectivity index (χ3v) is 2.38. The fourth-order valence-electron chi connectivity index (χ4n) is 1.28. The highest BCUT2D eigenvalue weighted by Gasteiger charge is 2.10. The molecule has 5 N–H and O–H groups in total. The number of hydrogen-bond acceptors (Lipinski definition) is 6. The summed E-state index contributed by atoms with van der Waals surface area (Å²) in [7, 11) is 0. The number of anilines is 1. The van der Waals surface area contributed by atoms with Gasteiger partial charge in [-0.15, -0.1) is 0 Å². The number of nitrogens with one attached hydrogen (secondary N) is 2. The predicted molar refractivity (Wildman–Crippen MR) is 79.5 cm³/mol. The largest absolute Gasteiger partial charge is 0.486 e. The van der Waals surface area contributed by atoms with Crippen LogP contribution in [0.5, 0.6) is 5.75 Å². The normalized spacial score (nSPS) is 11.9. The molecule has 22 heavy (non-hydrogen) atoms. The number of carbonyl (C=O) groups is 1. The fourth-order valence-corrected chi connectivity index (χ4v) is 1.28. The van der Waals surface area contributed by atoms with Gasteiger partial charge in [0.15, 0.2) is 5.75 Å². The van der Waals surface area contributed by atoms with E-state index in [0.29, 0.717) is 24.6 Å². The van der Waals surface area contributed by atoms with Gasteiger partial charge in [-0.05, 0) is 13.8 Å². The van der Waals surface area contributed by atoms with E-state index in [-0.39, 0.29) is 18.7 Å². The average molecular weight is 313 g/mol. The maximum atomic E-state index is 12.6. The monoisotopic (exact) mass is 313 g/mol. The van der Waals surface area contributed by atoms with E-state index >= 15 is 0 Å². The van der Waals surface area contributed by atoms with Crippen LogP contribution in [0.3, 0.4) is 0 Å². The summed E-state index contributed by atoms with van der Waals surface area (Å²) in [4.78, 5) is 18.4. The van der Waals surface area contributed by atoms with Crippen molar-refractivity contribution in [3.63, 3.8) is 0 Å². The van der Waals surface area contributed by atoms with Crippen LogP contribution in [0.4, 0.5) is 15.1 Å². The summed E-state index contributed by atoms with van der Waals surface area (Å²) in [5.74, 6) is 0.743. The Morgan fingerprint density at radius 3 is 2.64 bits per heavy atom. The number of nitrogens with two attached hydrogens (primary N) is 1. The lowest BCUT2D eigenvalue weighted by atomic mass is 10.1. The van der Waals surface area contributed by atoms with Crippen molar-refractivity contribution in [1.82, 2.24) is 15.3 Å². The van der Waals surface area contributed by atoms with Gasteiger partial charge in [-0.2, -0.15) is 0 Å². The Morgan fingerprint density at radius 1 is 1.50 bits per heavy atom. The molecule has 1 heterocycles. The Balaban J connectivity index is 2.45. The highest BCUT2D eigenvalue weighted by Crippen LogP contribution is 2.10. The van der Waals surface area contributed by atoms with Crippen LogP contribution in [-0.2, 0) is 0 Å². The second kappa shape index (κ2) is 8.13. The second-order valence-electron chi connectivity index (χ2n) is 5.30. The van der Waals surface area contributed by atoms with Crippen LogP contribution in [0.1, 0.15) is 13.8 Å². The van der Waals surface area contributed by atoms with E-state index in [4.69, 9.17) is 15.6 Å². The number of aromatic nitrogens is 2. The molecule has 0 aliphatic rings. The average Bonchev–Trinajstić information content (AvgIpc) is 2.45. The number of amides is 1. The summed E-state index contributed by atoms with van der Waals surface area (Å²) in [6.45, 7) is 3.98. The lowest BCUT2D eigenvalue weighted by Gasteiger charge is -2.18. The van der Waals surface area contributed by atoms with Crippen molar-refractivity contribution >= 4 is 12.0 Å². The molecule has 0 bridgehead atoms. The van der Waals surface area contributed by atoms with Gasteiger partial charge < -0.3 is 26.2 Å². The molecule has 8 nitrogen and oxygen atoms in total. The standard InChI is InChI=1S/C13H20FN5O3/c1-13(2,15)8-19-11-16-5-10(6-17-11)22-7-9(3-14)4-18-12(20)21/h3,5-6,18H,4,7-8,15H2,1-2H3,(H,20,21)(H,16,17,19)/b9-3+. The zero-order valence-corrected chi connectivity index (χ0v) is 12.5. The van der Waals surface area contributed by atoms with Crippen LogP contribution in [0.15, 0.2) is 24.3 Å². The summed E-state index contributed by atoms with van der Waals surface area (Å²) in [6.07, 6.45) is 1.93. The van der Waals surface area contributed by atoms with Gasteiger partial charge in [0.25, 0.3) is 0 Å². The van der Waals surface area contributed by atoms with E-state index in [1.165, 1.54) is 12.4 Å². The molecule has 122 valence electrons. The topological polar surface area (TPSA) is 122 Å². The number of rotatable bonds is 8. The Bertz CT molecular complexity index is 513. The van der Waals surface area contributed by atoms with Crippen molar-refractivity contribution in [3.8, 4) is 5.75 Å². The second-order valence-corrected chi connectivity index (χ2v) is 5.30. The third kappa shape index (κ3) is 7.39. The van der Waals surface area contributed by atoms with Crippen LogP contribution < -0.4 is 21.1 Å². The van der Waals surface area contributed by atoms with Crippen molar-refractivity contribution in [2.45, 2.75) is 19.4 Å². The molecule has 0 atom stereocenters. The number of ether oxygens (including phenoxy) is 1. The summed E-state index contributed by atoms with van der Waals surface area (Å²) in [5, 5.41) is 13.5. The molecule has 0 saturated carbocycles. The molecule has 0 spiro atoms. The SMILES string of the molecule is CC(C)(N)CNc1ncc(OC/C(=C/F)CNC(=O)O)cn1. The first-order chi connectivity index (χ1) is 10.3. The van der Waals surface area contributed by atoms with Crippen LogP contribution in [0, 0.1) is 0 Å². The molecule has 0 fully saturated rings. The maximum absolute atomic E-state index is 12.6. The highest BCUT2D eigenvalue weighted by atomic mass is 19.1. The highest BCUT2D eigenvalue weighted by molar-refractivity contribution is 5.64. The number of hydrogen-bond donors (Lipinski definition) is 4. The van der Waals surface area contributed by atoms with E-state index in [1.807, 2.05) is 19.2 Å². The van der Waals surface area contributed by atoms with Crippen LogP contribution in [0.2, 0.25) is 0 Å². The maximum Gasteiger partial charge on any atom is 0.404 e. The van der Waals surface area contributed by atoms with Crippen LogP contribution in [0.25, 0.3) is 0 Å². The van der Waals surface area contributed by atoms with Gasteiger partial charge in [0.2, 0.25) is 5.95 Å². The molecular weight excluding hydrogens is 293 g/mol. The number of carboxylic acid groups (broad SMARTS) is 1. The molecule has 1 aromatic rings. The van der Waals surface area contributed by atoms with Crippen LogP contribution in [-0.4, -0.2) is 46.4 Å². The van der Waals surface area contributed by atoms with Gasteiger partial charge in [-0.3, -0.25) is 0 Å². The number of halogens is 1. The molecule has 9 heteroatoms. The Labute approximate surface area is 127 Å². The first-order valence-corrected chi connectivity index (χ1v) is 6.52. The molecule has 0 saturated heterocycles. The minimum atomic E-state index is -1.24. The summed E-state index contributed by atoms with van der Waals surface area (Å²) in [6, 6.07) is 0. The first-order valence-electron chi connectivity index (χ1n) is 6.52. The molecular formula is C13H20FN5O3. The van der Waals surface area contributed by atoms with Crippen molar-refractivity contribution in [2.75, 3.05) is 25.0 Å². The molecule has 1 amide bonds. The van der Waals surface area contributed by atoms with Gasteiger partial charge in [-0.25, -0.2) is 19.2 Å². The minimum Gasteiger partial charge on any atom is -0.486 e. The lowest BCUT2D eigenvalue weighted by molar-refractivity contribution is 0.195. The van der Waals surface area contributed by atoms with E-state index in [1.54, 1.807) is 0 Å².